The lowest BCUT2D eigenvalue weighted by molar-refractivity contribution is -0.465. The zero-order valence-electron chi connectivity index (χ0n) is 5.82. The summed E-state index contributed by atoms with van der Waals surface area (Å²) in [7, 11) is 0. The van der Waals surface area contributed by atoms with E-state index in [2.05, 4.69) is 6.58 Å². The third kappa shape index (κ3) is 1.93. The molecule has 1 rings (SSSR count). The Hall–Kier alpha value is -1.58. The number of hydrogen-bond acceptors (Lipinski definition) is 3. The van der Waals surface area contributed by atoms with Gasteiger partial charge in [0.25, 0.3) is 0 Å². The fourth-order valence-electron chi connectivity index (χ4n) is 0.713. The van der Waals surface area contributed by atoms with Gasteiger partial charge in [-0.05, 0) is 12.1 Å². The van der Waals surface area contributed by atoms with Crippen LogP contribution < -0.4 is 0 Å². The minimum absolute atomic E-state index is 0.270. The molecule has 1 aromatic heterocycles. The molecule has 11 heavy (non-hydrogen) atoms. The normalized spacial score (nSPS) is 9.45. The molecule has 0 atom stereocenters. The van der Waals surface area contributed by atoms with Crippen molar-refractivity contribution in [2.75, 3.05) is 6.54 Å². The molecule has 0 fully saturated rings. The molecular weight excluding hydrogens is 146 g/mol. The highest BCUT2D eigenvalue weighted by molar-refractivity contribution is 5.58. The van der Waals surface area contributed by atoms with Gasteiger partial charge in [-0.15, -0.1) is 0 Å². The van der Waals surface area contributed by atoms with Crippen molar-refractivity contribution in [3.8, 4) is 0 Å². The molecule has 0 amide bonds. The Labute approximate surface area is 63.3 Å². The second-order valence-electron chi connectivity index (χ2n) is 2.07. The van der Waals surface area contributed by atoms with Crippen LogP contribution in [0.5, 0.6) is 0 Å². The van der Waals surface area contributed by atoms with E-state index >= 15 is 0 Å². The van der Waals surface area contributed by atoms with Crippen LogP contribution in [-0.4, -0.2) is 11.5 Å². The third-order valence-electron chi connectivity index (χ3n) is 1.19. The van der Waals surface area contributed by atoms with E-state index in [0.717, 1.165) is 0 Å². The molecule has 0 radical (unpaired) electrons. The summed E-state index contributed by atoms with van der Waals surface area (Å²) in [6, 6.07) is 3.31. The largest absolute Gasteiger partial charge is 0.464 e. The molecule has 4 nitrogen and oxygen atoms in total. The molecule has 4 heteroatoms. The maximum atomic E-state index is 10.0. The van der Waals surface area contributed by atoms with Gasteiger partial charge in [0.2, 0.25) is 6.54 Å². The van der Waals surface area contributed by atoms with Gasteiger partial charge in [0.1, 0.15) is 5.76 Å². The summed E-state index contributed by atoms with van der Waals surface area (Å²) in [5.41, 5.74) is 0.389. The van der Waals surface area contributed by atoms with Gasteiger partial charge in [-0.1, -0.05) is 6.58 Å². The smallest absolute Gasteiger partial charge is 0.231 e. The third-order valence-corrected chi connectivity index (χ3v) is 1.19. The van der Waals surface area contributed by atoms with Crippen molar-refractivity contribution >= 4 is 5.57 Å². The van der Waals surface area contributed by atoms with Crippen LogP contribution in [0.25, 0.3) is 5.57 Å². The molecule has 0 aromatic carbocycles. The van der Waals surface area contributed by atoms with Crippen LogP contribution in [0.15, 0.2) is 29.4 Å². The van der Waals surface area contributed by atoms with Crippen molar-refractivity contribution < 1.29 is 9.34 Å². The second-order valence-corrected chi connectivity index (χ2v) is 2.07. The summed E-state index contributed by atoms with van der Waals surface area (Å²) < 4.78 is 4.89. The first-order valence-corrected chi connectivity index (χ1v) is 3.03. The van der Waals surface area contributed by atoms with E-state index in [1.807, 2.05) is 0 Å². The number of rotatable bonds is 3. The van der Waals surface area contributed by atoms with Crippen LogP contribution in [0.4, 0.5) is 0 Å². The van der Waals surface area contributed by atoms with Gasteiger partial charge in [0.15, 0.2) is 0 Å². The molecule has 0 saturated carbocycles. The van der Waals surface area contributed by atoms with Crippen LogP contribution in [0, 0.1) is 10.1 Å². The lowest BCUT2D eigenvalue weighted by Crippen LogP contribution is -2.01. The first-order valence-electron chi connectivity index (χ1n) is 3.03. The molecule has 0 aliphatic carbocycles. The van der Waals surface area contributed by atoms with Gasteiger partial charge in [0, 0.05) is 4.92 Å². The van der Waals surface area contributed by atoms with Crippen LogP contribution in [-0.2, 0) is 0 Å². The Kier molecular flexibility index (Phi) is 2.06. The summed E-state index contributed by atoms with van der Waals surface area (Å²) in [6.45, 7) is 3.23. The number of nitrogens with zero attached hydrogens (tertiary/aromatic N) is 1. The van der Waals surface area contributed by atoms with Gasteiger partial charge >= 0.3 is 0 Å². The molecule has 0 aliphatic rings. The van der Waals surface area contributed by atoms with Gasteiger partial charge in [-0.2, -0.15) is 0 Å². The maximum absolute atomic E-state index is 10.0. The monoisotopic (exact) mass is 153 g/mol. The van der Waals surface area contributed by atoms with Crippen molar-refractivity contribution in [3.63, 3.8) is 0 Å². The van der Waals surface area contributed by atoms with Crippen LogP contribution in [0.2, 0.25) is 0 Å². The van der Waals surface area contributed by atoms with Crippen molar-refractivity contribution in [3.05, 3.63) is 40.8 Å². The van der Waals surface area contributed by atoms with Crippen LogP contribution >= 0.6 is 0 Å². The number of furan rings is 1. The van der Waals surface area contributed by atoms with Crippen molar-refractivity contribution in [1.82, 2.24) is 0 Å². The SMILES string of the molecule is C=C(C[N+](=O)[O-])c1ccco1. The highest BCUT2D eigenvalue weighted by Crippen LogP contribution is 2.11. The highest BCUT2D eigenvalue weighted by atomic mass is 16.6. The molecule has 0 saturated heterocycles. The molecule has 0 bridgehead atoms. The van der Waals surface area contributed by atoms with E-state index < -0.39 is 4.92 Å². The van der Waals surface area contributed by atoms with E-state index in [9.17, 15) is 10.1 Å². The van der Waals surface area contributed by atoms with Gasteiger partial charge in [0.05, 0.1) is 11.8 Å². The molecule has 0 aliphatic heterocycles. The molecule has 0 unspecified atom stereocenters. The Morgan fingerprint density at radius 2 is 2.55 bits per heavy atom. The van der Waals surface area contributed by atoms with E-state index in [1.54, 1.807) is 12.1 Å². The average Bonchev–Trinajstić information content (AvgIpc) is 2.35. The molecule has 58 valence electrons. The van der Waals surface area contributed by atoms with Gasteiger partial charge in [-0.25, -0.2) is 0 Å². The van der Waals surface area contributed by atoms with Crippen molar-refractivity contribution in [1.29, 1.82) is 0 Å². The number of nitro groups is 1. The maximum Gasteiger partial charge on any atom is 0.231 e. The quantitative estimate of drug-likeness (QED) is 0.489. The lowest BCUT2D eigenvalue weighted by atomic mass is 10.2. The fourth-order valence-corrected chi connectivity index (χ4v) is 0.713. The highest BCUT2D eigenvalue weighted by Gasteiger charge is 2.07. The van der Waals surface area contributed by atoms with Gasteiger partial charge in [-0.3, -0.25) is 10.1 Å². The Balaban J connectivity index is 2.64. The Bertz CT molecular complexity index is 263. The van der Waals surface area contributed by atoms with E-state index in [4.69, 9.17) is 4.42 Å². The molecule has 0 spiro atoms. The minimum Gasteiger partial charge on any atom is -0.464 e. The summed E-state index contributed by atoms with van der Waals surface area (Å²) in [4.78, 5) is 9.57. The Morgan fingerprint density at radius 3 is 3.00 bits per heavy atom. The van der Waals surface area contributed by atoms with E-state index in [1.165, 1.54) is 6.26 Å². The molecular formula is C7H7NO3. The van der Waals surface area contributed by atoms with Crippen LogP contribution in [0.3, 0.4) is 0 Å². The molecule has 1 aromatic rings. The topological polar surface area (TPSA) is 56.3 Å². The Morgan fingerprint density at radius 1 is 1.82 bits per heavy atom. The van der Waals surface area contributed by atoms with Gasteiger partial charge < -0.3 is 4.42 Å². The second kappa shape index (κ2) is 3.01. The first kappa shape index (κ1) is 7.53. The van der Waals surface area contributed by atoms with E-state index in [0.29, 0.717) is 11.3 Å². The molecule has 1 heterocycles. The minimum atomic E-state index is -0.440. The summed E-state index contributed by atoms with van der Waals surface area (Å²) >= 11 is 0. The number of hydrogen-bond donors (Lipinski definition) is 0. The summed E-state index contributed by atoms with van der Waals surface area (Å²) in [6.07, 6.45) is 1.46. The summed E-state index contributed by atoms with van der Waals surface area (Å²) in [5.74, 6) is 0.474. The van der Waals surface area contributed by atoms with Crippen LogP contribution in [0.1, 0.15) is 5.76 Å². The average molecular weight is 153 g/mol. The predicted octanol–water partition coefficient (Wildman–Crippen LogP) is 1.57. The van der Waals surface area contributed by atoms with Crippen molar-refractivity contribution in [2.24, 2.45) is 0 Å². The zero-order chi connectivity index (χ0) is 8.27. The fraction of sp³-hybridized carbons (Fsp3) is 0.143. The summed E-state index contributed by atoms with van der Waals surface area (Å²) in [5, 5.41) is 10.0. The zero-order valence-corrected chi connectivity index (χ0v) is 5.82. The predicted molar refractivity (Wildman–Crippen MR) is 39.6 cm³/mol. The standard InChI is InChI=1S/C7H7NO3/c1-6(5-8(9)10)7-3-2-4-11-7/h2-4H,1,5H2. The lowest BCUT2D eigenvalue weighted by Gasteiger charge is -1.93. The first-order chi connectivity index (χ1) is 5.20. The molecule has 0 N–H and O–H groups in total. The van der Waals surface area contributed by atoms with Crippen molar-refractivity contribution in [2.45, 2.75) is 0 Å². The van der Waals surface area contributed by atoms with E-state index in [-0.39, 0.29) is 6.54 Å².